The van der Waals surface area contributed by atoms with Crippen molar-refractivity contribution < 1.29 is 5.11 Å². The quantitative estimate of drug-likeness (QED) is 0.839. The van der Waals surface area contributed by atoms with Crippen LogP contribution in [0.15, 0.2) is 0 Å². The van der Waals surface area contributed by atoms with E-state index in [-0.39, 0.29) is 5.41 Å². The van der Waals surface area contributed by atoms with Crippen molar-refractivity contribution in [2.45, 2.75) is 58.9 Å². The minimum atomic E-state index is 0.191. The van der Waals surface area contributed by atoms with Gasteiger partial charge < -0.3 is 10.0 Å². The molecule has 1 saturated carbocycles. The molecule has 1 aliphatic heterocycles. The Kier molecular flexibility index (Phi) is 5.88. The second kappa shape index (κ2) is 7.24. The smallest absolute Gasteiger partial charge is 0.0499 e. The molecule has 1 heterocycles. The molecule has 20 heavy (non-hydrogen) atoms. The van der Waals surface area contributed by atoms with E-state index < -0.39 is 0 Å². The molecule has 0 aromatic heterocycles. The lowest BCUT2D eigenvalue weighted by molar-refractivity contribution is 0.00385. The van der Waals surface area contributed by atoms with Crippen LogP contribution < -0.4 is 0 Å². The molecule has 3 heteroatoms. The van der Waals surface area contributed by atoms with Crippen molar-refractivity contribution in [2.75, 3.05) is 39.3 Å². The minimum Gasteiger partial charge on any atom is -0.396 e. The van der Waals surface area contributed by atoms with Crippen molar-refractivity contribution in [1.82, 2.24) is 9.80 Å². The van der Waals surface area contributed by atoms with E-state index in [0.29, 0.717) is 6.61 Å². The van der Waals surface area contributed by atoms with E-state index in [9.17, 15) is 5.11 Å². The number of nitrogens with zero attached hydrogens (tertiary/aromatic N) is 2. The highest BCUT2D eigenvalue weighted by atomic mass is 16.3. The van der Waals surface area contributed by atoms with Gasteiger partial charge in [-0.05, 0) is 32.1 Å². The van der Waals surface area contributed by atoms with Crippen LogP contribution in [0.1, 0.15) is 52.9 Å². The number of hydrogen-bond acceptors (Lipinski definition) is 3. The van der Waals surface area contributed by atoms with Crippen LogP contribution in [-0.4, -0.2) is 60.3 Å². The topological polar surface area (TPSA) is 26.7 Å². The molecule has 0 aromatic carbocycles. The summed E-state index contributed by atoms with van der Waals surface area (Å²) in [6.07, 6.45) is 6.34. The molecule has 0 amide bonds. The molecular formula is C17H34N2O. The van der Waals surface area contributed by atoms with Crippen molar-refractivity contribution in [3.05, 3.63) is 0 Å². The average Bonchev–Trinajstić information content (AvgIpc) is 2.47. The second-order valence-corrected chi connectivity index (χ2v) is 7.43. The van der Waals surface area contributed by atoms with Crippen LogP contribution in [0.3, 0.4) is 0 Å². The highest BCUT2D eigenvalue weighted by Crippen LogP contribution is 2.39. The molecule has 2 fully saturated rings. The van der Waals surface area contributed by atoms with Gasteiger partial charge >= 0.3 is 0 Å². The summed E-state index contributed by atoms with van der Waals surface area (Å²) in [7, 11) is 0. The minimum absolute atomic E-state index is 0.191. The first kappa shape index (κ1) is 16.3. The second-order valence-electron chi connectivity index (χ2n) is 7.43. The van der Waals surface area contributed by atoms with E-state index in [1.807, 2.05) is 0 Å². The van der Waals surface area contributed by atoms with Crippen LogP contribution in [0.4, 0.5) is 0 Å². The third-order valence-electron chi connectivity index (χ3n) is 5.70. The molecule has 1 aliphatic carbocycles. The number of rotatable bonds is 5. The fourth-order valence-corrected chi connectivity index (χ4v) is 4.20. The monoisotopic (exact) mass is 282 g/mol. The van der Waals surface area contributed by atoms with E-state index in [1.54, 1.807) is 0 Å². The van der Waals surface area contributed by atoms with Gasteiger partial charge in [-0.25, -0.2) is 0 Å². The van der Waals surface area contributed by atoms with Gasteiger partial charge in [0.05, 0.1) is 0 Å². The van der Waals surface area contributed by atoms with Crippen LogP contribution in [-0.2, 0) is 0 Å². The lowest BCUT2D eigenvalue weighted by atomic mass is 9.70. The Hall–Kier alpha value is -0.120. The van der Waals surface area contributed by atoms with Crippen LogP contribution in [0.2, 0.25) is 0 Å². The van der Waals surface area contributed by atoms with Crippen LogP contribution in [0, 0.1) is 11.3 Å². The summed E-state index contributed by atoms with van der Waals surface area (Å²) in [6.45, 7) is 13.2. The molecule has 0 radical (unpaired) electrons. The largest absolute Gasteiger partial charge is 0.396 e. The van der Waals surface area contributed by atoms with Gasteiger partial charge in [-0.15, -0.1) is 0 Å². The van der Waals surface area contributed by atoms with Gasteiger partial charge in [0.2, 0.25) is 0 Å². The molecule has 118 valence electrons. The van der Waals surface area contributed by atoms with Crippen molar-refractivity contribution in [3.63, 3.8) is 0 Å². The Labute approximate surface area is 125 Å². The molecule has 3 nitrogen and oxygen atoms in total. The van der Waals surface area contributed by atoms with Crippen LogP contribution in [0.5, 0.6) is 0 Å². The van der Waals surface area contributed by atoms with Gasteiger partial charge in [0.25, 0.3) is 0 Å². The SMILES string of the molecule is CCC(C)N1CCN(CC2(CO)CCCC(C)C2)CC1. The highest BCUT2D eigenvalue weighted by Gasteiger charge is 2.36. The normalized spacial score (nSPS) is 35.1. The zero-order valence-corrected chi connectivity index (χ0v) is 13.8. The predicted octanol–water partition coefficient (Wildman–Crippen LogP) is 2.59. The van der Waals surface area contributed by atoms with E-state index in [2.05, 4.69) is 30.6 Å². The van der Waals surface area contributed by atoms with Crippen molar-refractivity contribution >= 4 is 0 Å². The van der Waals surface area contributed by atoms with Gasteiger partial charge in [-0.2, -0.15) is 0 Å². The van der Waals surface area contributed by atoms with Crippen molar-refractivity contribution in [3.8, 4) is 0 Å². The van der Waals surface area contributed by atoms with E-state index in [0.717, 1.165) is 18.5 Å². The van der Waals surface area contributed by atoms with Gasteiger partial charge in [0.15, 0.2) is 0 Å². The molecule has 1 N–H and O–H groups in total. The molecule has 3 unspecified atom stereocenters. The van der Waals surface area contributed by atoms with E-state index in [4.69, 9.17) is 0 Å². The zero-order valence-electron chi connectivity index (χ0n) is 13.8. The maximum atomic E-state index is 9.93. The molecule has 3 atom stereocenters. The van der Waals surface area contributed by atoms with Gasteiger partial charge in [0.1, 0.15) is 0 Å². The average molecular weight is 282 g/mol. The van der Waals surface area contributed by atoms with Gasteiger partial charge in [0, 0.05) is 50.8 Å². The maximum absolute atomic E-state index is 9.93. The molecular weight excluding hydrogens is 248 g/mol. The van der Waals surface area contributed by atoms with Crippen molar-refractivity contribution in [1.29, 1.82) is 0 Å². The van der Waals surface area contributed by atoms with Gasteiger partial charge in [-0.1, -0.05) is 26.7 Å². The Morgan fingerprint density at radius 1 is 1.25 bits per heavy atom. The van der Waals surface area contributed by atoms with E-state index >= 15 is 0 Å². The molecule has 0 bridgehead atoms. The van der Waals surface area contributed by atoms with Crippen LogP contribution >= 0.6 is 0 Å². The Balaban J connectivity index is 1.84. The summed E-state index contributed by atoms with van der Waals surface area (Å²) in [6, 6.07) is 0.721. The number of hydrogen-bond donors (Lipinski definition) is 1. The summed E-state index contributed by atoms with van der Waals surface area (Å²) < 4.78 is 0. The molecule has 1 saturated heterocycles. The number of piperazine rings is 1. The zero-order chi connectivity index (χ0) is 14.6. The van der Waals surface area contributed by atoms with Crippen LogP contribution in [0.25, 0.3) is 0 Å². The Morgan fingerprint density at radius 3 is 2.50 bits per heavy atom. The fraction of sp³-hybridized carbons (Fsp3) is 1.00. The maximum Gasteiger partial charge on any atom is 0.0499 e. The standard InChI is InChI=1S/C17H34N2O/c1-4-16(3)19-10-8-18(9-11-19)13-17(14-20)7-5-6-15(2)12-17/h15-16,20H,4-14H2,1-3H3. The highest BCUT2D eigenvalue weighted by molar-refractivity contribution is 4.89. The summed E-state index contributed by atoms with van der Waals surface area (Å²) in [4.78, 5) is 5.22. The first-order valence-corrected chi connectivity index (χ1v) is 8.66. The first-order chi connectivity index (χ1) is 9.58. The van der Waals surface area contributed by atoms with Crippen molar-refractivity contribution in [2.24, 2.45) is 11.3 Å². The summed E-state index contributed by atoms with van der Waals surface area (Å²) in [5.41, 5.74) is 0.191. The summed E-state index contributed by atoms with van der Waals surface area (Å²) in [5, 5.41) is 9.93. The summed E-state index contributed by atoms with van der Waals surface area (Å²) >= 11 is 0. The molecule has 0 aromatic rings. The number of aliphatic hydroxyl groups excluding tert-OH is 1. The molecule has 2 aliphatic rings. The molecule has 0 spiro atoms. The third-order valence-corrected chi connectivity index (χ3v) is 5.70. The van der Waals surface area contributed by atoms with E-state index in [1.165, 1.54) is 58.3 Å². The van der Waals surface area contributed by atoms with Gasteiger partial charge in [-0.3, -0.25) is 4.90 Å². The first-order valence-electron chi connectivity index (χ1n) is 8.66. The number of aliphatic hydroxyl groups is 1. The lowest BCUT2D eigenvalue weighted by Gasteiger charge is -2.45. The molecule has 2 rings (SSSR count). The Bertz CT molecular complexity index is 289. The predicted molar refractivity (Wildman–Crippen MR) is 84.9 cm³/mol. The Morgan fingerprint density at radius 2 is 1.95 bits per heavy atom. The lowest BCUT2D eigenvalue weighted by Crippen LogP contribution is -2.53. The third kappa shape index (κ3) is 3.96. The fourth-order valence-electron chi connectivity index (χ4n) is 4.20. The summed E-state index contributed by atoms with van der Waals surface area (Å²) in [5.74, 6) is 0.789.